The predicted molar refractivity (Wildman–Crippen MR) is 73.3 cm³/mol. The van der Waals surface area contributed by atoms with Gasteiger partial charge in [0, 0.05) is 0 Å². The van der Waals surface area contributed by atoms with Gasteiger partial charge >= 0.3 is 5.97 Å². The number of carbonyl (C=O) groups is 1. The Morgan fingerprint density at radius 2 is 1.67 bits per heavy atom. The van der Waals surface area contributed by atoms with Crippen LogP contribution in [0.25, 0.3) is 10.8 Å². The summed E-state index contributed by atoms with van der Waals surface area (Å²) in [4.78, 5) is 11.6. The Kier molecular flexibility index (Phi) is 3.66. The molecule has 0 fully saturated rings. The zero-order valence-electron chi connectivity index (χ0n) is 11.0. The van der Waals surface area contributed by atoms with Crippen LogP contribution in [0.5, 0.6) is 0 Å². The number of hydrogen-bond donors (Lipinski definition) is 0. The highest BCUT2D eigenvalue weighted by atomic mass is 16.5. The molecule has 2 aromatic rings. The molecular formula is C16H18O2. The Morgan fingerprint density at radius 1 is 1.00 bits per heavy atom. The van der Waals surface area contributed by atoms with E-state index in [1.165, 1.54) is 5.39 Å². The number of benzene rings is 2. The quantitative estimate of drug-likeness (QED) is 0.757. The number of rotatable bonds is 3. The average molecular weight is 242 g/mol. The maximum Gasteiger partial charge on any atom is 0.308 e. The maximum absolute atomic E-state index is 11.6. The van der Waals surface area contributed by atoms with Gasteiger partial charge in [0.25, 0.3) is 0 Å². The first-order valence-corrected chi connectivity index (χ1v) is 6.27. The van der Waals surface area contributed by atoms with Crippen molar-refractivity contribution in [3.05, 3.63) is 48.0 Å². The molecule has 18 heavy (non-hydrogen) atoms. The smallest absolute Gasteiger partial charge is 0.308 e. The molecule has 0 N–H and O–H groups in total. The third kappa shape index (κ3) is 2.53. The highest BCUT2D eigenvalue weighted by molar-refractivity contribution is 5.86. The summed E-state index contributed by atoms with van der Waals surface area (Å²) < 4.78 is 5.47. The van der Waals surface area contributed by atoms with Crippen molar-refractivity contribution in [1.82, 2.24) is 0 Å². The topological polar surface area (TPSA) is 26.3 Å². The summed E-state index contributed by atoms with van der Waals surface area (Å²) in [6, 6.07) is 14.2. The van der Waals surface area contributed by atoms with E-state index in [0.717, 1.165) is 10.9 Å². The lowest BCUT2D eigenvalue weighted by molar-refractivity contribution is -0.152. The van der Waals surface area contributed by atoms with Gasteiger partial charge in [-0.15, -0.1) is 0 Å². The molecule has 0 aromatic heterocycles. The average Bonchev–Trinajstić information content (AvgIpc) is 2.37. The van der Waals surface area contributed by atoms with Gasteiger partial charge in [-0.3, -0.25) is 4.79 Å². The fourth-order valence-electron chi connectivity index (χ4n) is 1.98. The monoisotopic (exact) mass is 242 g/mol. The van der Waals surface area contributed by atoms with Crippen molar-refractivity contribution < 1.29 is 9.53 Å². The molecule has 2 nitrogen and oxygen atoms in total. The minimum Gasteiger partial charge on any atom is -0.458 e. The van der Waals surface area contributed by atoms with E-state index in [-0.39, 0.29) is 18.0 Å². The summed E-state index contributed by atoms with van der Waals surface area (Å²) in [5, 5.41) is 2.31. The van der Waals surface area contributed by atoms with E-state index in [1.54, 1.807) is 0 Å². The van der Waals surface area contributed by atoms with Crippen LogP contribution < -0.4 is 0 Å². The molecule has 0 aliphatic carbocycles. The first kappa shape index (κ1) is 12.6. The number of fused-ring (bicyclic) bond motifs is 1. The van der Waals surface area contributed by atoms with Gasteiger partial charge in [-0.05, 0) is 23.3 Å². The highest BCUT2D eigenvalue weighted by Gasteiger charge is 2.16. The third-order valence-corrected chi connectivity index (χ3v) is 3.03. The molecule has 2 heteroatoms. The van der Waals surface area contributed by atoms with Crippen LogP contribution in [0.2, 0.25) is 0 Å². The van der Waals surface area contributed by atoms with E-state index in [9.17, 15) is 4.79 Å². The van der Waals surface area contributed by atoms with Crippen molar-refractivity contribution in [3.8, 4) is 0 Å². The minimum atomic E-state index is -0.217. The Balaban J connectivity index is 2.33. The van der Waals surface area contributed by atoms with Crippen LogP contribution in [-0.2, 0) is 9.53 Å². The molecule has 1 atom stereocenters. The summed E-state index contributed by atoms with van der Waals surface area (Å²) in [6.45, 7) is 5.61. The molecular weight excluding hydrogens is 224 g/mol. The Bertz CT molecular complexity index is 553. The molecule has 0 bridgehead atoms. The molecule has 0 radical (unpaired) electrons. The van der Waals surface area contributed by atoms with E-state index in [4.69, 9.17) is 4.74 Å². The Hall–Kier alpha value is -1.83. The molecule has 2 rings (SSSR count). The van der Waals surface area contributed by atoms with Crippen molar-refractivity contribution >= 4 is 16.7 Å². The summed E-state index contributed by atoms with van der Waals surface area (Å²) in [7, 11) is 0. The molecule has 0 heterocycles. The van der Waals surface area contributed by atoms with Crippen LogP contribution in [0.15, 0.2) is 42.5 Å². The number of hydrogen-bond acceptors (Lipinski definition) is 2. The van der Waals surface area contributed by atoms with Crippen LogP contribution in [0, 0.1) is 5.92 Å². The van der Waals surface area contributed by atoms with Crippen LogP contribution in [0.4, 0.5) is 0 Å². The van der Waals surface area contributed by atoms with Gasteiger partial charge in [0.1, 0.15) is 6.10 Å². The second-order valence-corrected chi connectivity index (χ2v) is 4.80. The lowest BCUT2D eigenvalue weighted by atomic mass is 10.0. The van der Waals surface area contributed by atoms with Gasteiger partial charge in [-0.2, -0.15) is 0 Å². The maximum atomic E-state index is 11.6. The standard InChI is InChI=1S/C16H18O2/c1-11(2)16(17)18-12(3)14-10-6-8-13-7-4-5-9-15(13)14/h4-12H,1-3H3/t12-/m0/s1. The van der Waals surface area contributed by atoms with Crippen molar-refractivity contribution in [2.75, 3.05) is 0 Å². The summed E-state index contributed by atoms with van der Waals surface area (Å²) in [5.41, 5.74) is 1.06. The van der Waals surface area contributed by atoms with Gasteiger partial charge in [0.15, 0.2) is 0 Å². The molecule has 2 aromatic carbocycles. The van der Waals surface area contributed by atoms with Gasteiger partial charge in [0.05, 0.1) is 5.92 Å². The lowest BCUT2D eigenvalue weighted by Crippen LogP contribution is -2.14. The van der Waals surface area contributed by atoms with Gasteiger partial charge in [-0.25, -0.2) is 0 Å². The van der Waals surface area contributed by atoms with E-state index in [2.05, 4.69) is 18.2 Å². The summed E-state index contributed by atoms with van der Waals surface area (Å²) in [5.74, 6) is -0.252. The minimum absolute atomic E-state index is 0.0950. The van der Waals surface area contributed by atoms with E-state index in [1.807, 2.05) is 45.0 Å². The van der Waals surface area contributed by atoms with Gasteiger partial charge in [0.2, 0.25) is 0 Å². The SMILES string of the molecule is CC(C)C(=O)O[C@@H](C)c1cccc2ccccc12. The van der Waals surface area contributed by atoms with Gasteiger partial charge in [-0.1, -0.05) is 56.3 Å². The molecule has 0 aliphatic heterocycles. The van der Waals surface area contributed by atoms with Crippen molar-refractivity contribution in [3.63, 3.8) is 0 Å². The normalized spacial score (nSPS) is 12.7. The number of esters is 1. The molecule has 0 aliphatic rings. The van der Waals surface area contributed by atoms with Crippen LogP contribution in [0.1, 0.15) is 32.4 Å². The predicted octanol–water partition coefficient (Wildman–Crippen LogP) is 4.10. The van der Waals surface area contributed by atoms with Crippen LogP contribution >= 0.6 is 0 Å². The number of ether oxygens (including phenoxy) is 1. The zero-order chi connectivity index (χ0) is 13.1. The highest BCUT2D eigenvalue weighted by Crippen LogP contribution is 2.26. The van der Waals surface area contributed by atoms with Crippen molar-refractivity contribution in [2.24, 2.45) is 5.92 Å². The molecule has 94 valence electrons. The van der Waals surface area contributed by atoms with Crippen LogP contribution in [-0.4, -0.2) is 5.97 Å². The third-order valence-electron chi connectivity index (χ3n) is 3.03. The fraction of sp³-hybridized carbons (Fsp3) is 0.312. The largest absolute Gasteiger partial charge is 0.458 e. The van der Waals surface area contributed by atoms with Gasteiger partial charge < -0.3 is 4.74 Å². The second kappa shape index (κ2) is 5.21. The zero-order valence-corrected chi connectivity index (χ0v) is 11.0. The molecule has 0 amide bonds. The first-order chi connectivity index (χ1) is 8.59. The van der Waals surface area contributed by atoms with Crippen LogP contribution in [0.3, 0.4) is 0 Å². The molecule has 0 saturated carbocycles. The molecule has 0 unspecified atom stereocenters. The Morgan fingerprint density at radius 3 is 2.39 bits per heavy atom. The summed E-state index contributed by atoms with van der Waals surface area (Å²) in [6.07, 6.45) is -0.217. The van der Waals surface area contributed by atoms with E-state index >= 15 is 0 Å². The lowest BCUT2D eigenvalue weighted by Gasteiger charge is -2.17. The van der Waals surface area contributed by atoms with Crippen molar-refractivity contribution in [2.45, 2.75) is 26.9 Å². The fourth-order valence-corrected chi connectivity index (χ4v) is 1.98. The Labute approximate surface area is 108 Å². The van der Waals surface area contributed by atoms with Crippen molar-refractivity contribution in [1.29, 1.82) is 0 Å². The first-order valence-electron chi connectivity index (χ1n) is 6.27. The summed E-state index contributed by atoms with van der Waals surface area (Å²) >= 11 is 0. The van der Waals surface area contributed by atoms with E-state index in [0.29, 0.717) is 0 Å². The number of carbonyl (C=O) groups excluding carboxylic acids is 1. The molecule has 0 spiro atoms. The second-order valence-electron chi connectivity index (χ2n) is 4.80. The molecule has 0 saturated heterocycles. The van der Waals surface area contributed by atoms with E-state index < -0.39 is 0 Å².